The van der Waals surface area contributed by atoms with Crippen LogP contribution >= 0.6 is 0 Å². The molecule has 2 heterocycles. The lowest BCUT2D eigenvalue weighted by Crippen LogP contribution is -2.25. The number of nitrogens with zero attached hydrogens (tertiary/aromatic N) is 3. The quantitative estimate of drug-likeness (QED) is 0.667. The molecule has 0 saturated heterocycles. The SMILES string of the molecule is CCCNC(=O)/C(C#N)=C/c1cccc2nccn12. The average molecular weight is 254 g/mol. The van der Waals surface area contributed by atoms with Gasteiger partial charge in [-0.2, -0.15) is 5.26 Å². The molecule has 0 saturated carbocycles. The number of imidazole rings is 1. The van der Waals surface area contributed by atoms with E-state index in [2.05, 4.69) is 10.3 Å². The molecule has 0 aliphatic carbocycles. The molecule has 2 aromatic rings. The minimum Gasteiger partial charge on any atom is -0.351 e. The maximum Gasteiger partial charge on any atom is 0.262 e. The summed E-state index contributed by atoms with van der Waals surface area (Å²) >= 11 is 0. The number of hydrogen-bond acceptors (Lipinski definition) is 3. The number of hydrogen-bond donors (Lipinski definition) is 1. The molecule has 0 fully saturated rings. The van der Waals surface area contributed by atoms with Crippen LogP contribution < -0.4 is 5.32 Å². The highest BCUT2D eigenvalue weighted by molar-refractivity contribution is 6.01. The van der Waals surface area contributed by atoms with Gasteiger partial charge in [0.25, 0.3) is 5.91 Å². The summed E-state index contributed by atoms with van der Waals surface area (Å²) in [5.74, 6) is -0.346. The largest absolute Gasteiger partial charge is 0.351 e. The second kappa shape index (κ2) is 5.83. The fraction of sp³-hybridized carbons (Fsp3) is 0.214. The molecule has 0 aliphatic heterocycles. The number of carbonyl (C=O) groups excluding carboxylic acids is 1. The summed E-state index contributed by atoms with van der Waals surface area (Å²) < 4.78 is 1.82. The third-order valence-corrected chi connectivity index (χ3v) is 2.65. The van der Waals surface area contributed by atoms with Crippen LogP contribution in [0, 0.1) is 11.3 Å². The van der Waals surface area contributed by atoms with E-state index in [0.29, 0.717) is 6.54 Å². The maximum atomic E-state index is 11.8. The van der Waals surface area contributed by atoms with Gasteiger partial charge >= 0.3 is 0 Å². The Bertz CT molecular complexity index is 663. The zero-order valence-corrected chi connectivity index (χ0v) is 10.6. The molecule has 96 valence electrons. The van der Waals surface area contributed by atoms with E-state index in [9.17, 15) is 4.79 Å². The molecule has 0 radical (unpaired) electrons. The topological polar surface area (TPSA) is 70.2 Å². The lowest BCUT2D eigenvalue weighted by Gasteiger charge is -2.03. The summed E-state index contributed by atoms with van der Waals surface area (Å²) in [5.41, 5.74) is 1.62. The molecule has 1 N–H and O–H groups in total. The van der Waals surface area contributed by atoms with Crippen LogP contribution in [0.1, 0.15) is 19.0 Å². The van der Waals surface area contributed by atoms with Crippen molar-refractivity contribution in [1.82, 2.24) is 14.7 Å². The van der Waals surface area contributed by atoms with E-state index in [1.807, 2.05) is 35.6 Å². The van der Waals surface area contributed by atoms with Crippen molar-refractivity contribution >= 4 is 17.6 Å². The van der Waals surface area contributed by atoms with Crippen LogP contribution in [0.4, 0.5) is 0 Å². The summed E-state index contributed by atoms with van der Waals surface area (Å²) in [4.78, 5) is 15.9. The van der Waals surface area contributed by atoms with Crippen molar-refractivity contribution in [3.05, 3.63) is 41.9 Å². The Labute approximate surface area is 111 Å². The van der Waals surface area contributed by atoms with Crippen molar-refractivity contribution in [2.45, 2.75) is 13.3 Å². The fourth-order valence-electron chi connectivity index (χ4n) is 1.72. The Balaban J connectivity index is 2.35. The van der Waals surface area contributed by atoms with Gasteiger partial charge in [-0.25, -0.2) is 4.98 Å². The van der Waals surface area contributed by atoms with E-state index in [0.717, 1.165) is 17.8 Å². The molecule has 0 atom stereocenters. The summed E-state index contributed by atoms with van der Waals surface area (Å²) in [6.07, 6.45) is 5.87. The standard InChI is InChI=1S/C14H14N4O/c1-2-6-17-14(19)11(10-15)9-12-4-3-5-13-16-7-8-18(12)13/h3-5,7-9H,2,6H2,1H3,(H,17,19)/b11-9+. The van der Waals surface area contributed by atoms with Crippen LogP contribution in [0.2, 0.25) is 0 Å². The van der Waals surface area contributed by atoms with Gasteiger partial charge in [0.15, 0.2) is 0 Å². The molecule has 0 unspecified atom stereocenters. The number of amides is 1. The molecule has 0 aliphatic rings. The smallest absolute Gasteiger partial charge is 0.262 e. The zero-order chi connectivity index (χ0) is 13.7. The van der Waals surface area contributed by atoms with Crippen molar-refractivity contribution in [2.24, 2.45) is 0 Å². The van der Waals surface area contributed by atoms with Crippen molar-refractivity contribution < 1.29 is 4.79 Å². The minimum absolute atomic E-state index is 0.0923. The minimum atomic E-state index is -0.346. The van der Waals surface area contributed by atoms with Crippen LogP contribution in [-0.4, -0.2) is 21.8 Å². The van der Waals surface area contributed by atoms with Gasteiger partial charge in [0.1, 0.15) is 17.3 Å². The highest BCUT2D eigenvalue weighted by Gasteiger charge is 2.08. The van der Waals surface area contributed by atoms with E-state index >= 15 is 0 Å². The number of rotatable bonds is 4. The van der Waals surface area contributed by atoms with Gasteiger partial charge in [0.2, 0.25) is 0 Å². The van der Waals surface area contributed by atoms with E-state index in [4.69, 9.17) is 5.26 Å². The molecule has 19 heavy (non-hydrogen) atoms. The van der Waals surface area contributed by atoms with Crippen LogP contribution in [0.5, 0.6) is 0 Å². The van der Waals surface area contributed by atoms with E-state index < -0.39 is 0 Å². The monoisotopic (exact) mass is 254 g/mol. The summed E-state index contributed by atoms with van der Waals surface area (Å²) in [6, 6.07) is 7.47. The summed E-state index contributed by atoms with van der Waals surface area (Å²) in [7, 11) is 0. The van der Waals surface area contributed by atoms with E-state index in [1.165, 1.54) is 0 Å². The fourth-order valence-corrected chi connectivity index (χ4v) is 1.72. The summed E-state index contributed by atoms with van der Waals surface area (Å²) in [6.45, 7) is 2.52. The van der Waals surface area contributed by atoms with Gasteiger partial charge in [-0.3, -0.25) is 4.79 Å². The first-order valence-corrected chi connectivity index (χ1v) is 6.08. The number of fused-ring (bicyclic) bond motifs is 1. The highest BCUT2D eigenvalue weighted by atomic mass is 16.1. The third-order valence-electron chi connectivity index (χ3n) is 2.65. The predicted octanol–water partition coefficient (Wildman–Crippen LogP) is 1.77. The number of aromatic nitrogens is 2. The van der Waals surface area contributed by atoms with Gasteiger partial charge < -0.3 is 9.72 Å². The van der Waals surface area contributed by atoms with Crippen LogP contribution in [0.25, 0.3) is 11.7 Å². The number of nitrogens with one attached hydrogen (secondary N) is 1. The maximum absolute atomic E-state index is 11.8. The normalized spacial score (nSPS) is 11.3. The van der Waals surface area contributed by atoms with Gasteiger partial charge in [-0.15, -0.1) is 0 Å². The van der Waals surface area contributed by atoms with Crippen LogP contribution in [0.3, 0.4) is 0 Å². The van der Waals surface area contributed by atoms with Crippen LogP contribution in [0.15, 0.2) is 36.2 Å². The Morgan fingerprint density at radius 1 is 1.58 bits per heavy atom. The molecule has 0 spiro atoms. The lowest BCUT2D eigenvalue weighted by molar-refractivity contribution is -0.117. The Kier molecular flexibility index (Phi) is 3.94. The Hall–Kier alpha value is -2.61. The van der Waals surface area contributed by atoms with Crippen molar-refractivity contribution in [2.75, 3.05) is 6.54 Å². The molecule has 5 heteroatoms. The van der Waals surface area contributed by atoms with Crippen molar-refractivity contribution in [3.63, 3.8) is 0 Å². The first kappa shape index (κ1) is 12.8. The second-order valence-corrected chi connectivity index (χ2v) is 4.03. The summed E-state index contributed by atoms with van der Waals surface area (Å²) in [5, 5.41) is 11.8. The molecule has 0 aromatic carbocycles. The van der Waals surface area contributed by atoms with E-state index in [-0.39, 0.29) is 11.5 Å². The van der Waals surface area contributed by atoms with E-state index in [1.54, 1.807) is 18.5 Å². The predicted molar refractivity (Wildman–Crippen MR) is 72.1 cm³/mol. The van der Waals surface area contributed by atoms with Crippen molar-refractivity contribution in [3.8, 4) is 6.07 Å². The second-order valence-electron chi connectivity index (χ2n) is 4.03. The van der Waals surface area contributed by atoms with Gasteiger partial charge in [-0.1, -0.05) is 13.0 Å². The number of carbonyl (C=O) groups is 1. The molecule has 2 aromatic heterocycles. The number of nitriles is 1. The molecular weight excluding hydrogens is 240 g/mol. The Morgan fingerprint density at radius 3 is 3.16 bits per heavy atom. The molecule has 2 rings (SSSR count). The Morgan fingerprint density at radius 2 is 2.42 bits per heavy atom. The van der Waals surface area contributed by atoms with Crippen LogP contribution in [-0.2, 0) is 4.79 Å². The van der Waals surface area contributed by atoms with Gasteiger partial charge in [-0.05, 0) is 24.6 Å². The first-order valence-electron chi connectivity index (χ1n) is 6.08. The molecular formula is C14H14N4O. The van der Waals surface area contributed by atoms with Crippen molar-refractivity contribution in [1.29, 1.82) is 5.26 Å². The van der Waals surface area contributed by atoms with Gasteiger partial charge in [0.05, 0.1) is 0 Å². The third kappa shape index (κ3) is 2.80. The highest BCUT2D eigenvalue weighted by Crippen LogP contribution is 2.10. The van der Waals surface area contributed by atoms with Gasteiger partial charge in [0, 0.05) is 24.6 Å². The number of pyridine rings is 1. The molecule has 0 bridgehead atoms. The molecule has 1 amide bonds. The zero-order valence-electron chi connectivity index (χ0n) is 10.6. The average Bonchev–Trinajstić information content (AvgIpc) is 2.91. The molecule has 5 nitrogen and oxygen atoms in total. The first-order chi connectivity index (χ1) is 9.26. The lowest BCUT2D eigenvalue weighted by atomic mass is 10.2.